The number of rotatable bonds is 4. The van der Waals surface area contributed by atoms with E-state index in [2.05, 4.69) is 0 Å². The average molecular weight is 354 g/mol. The van der Waals surface area contributed by atoms with Crippen LogP contribution in [0.2, 0.25) is 0 Å². The topological polar surface area (TPSA) is 53.0 Å². The summed E-state index contributed by atoms with van der Waals surface area (Å²) in [6.07, 6.45) is 0.487. The Morgan fingerprint density at radius 1 is 1.15 bits per heavy atom. The second-order valence-corrected chi connectivity index (χ2v) is 6.97. The van der Waals surface area contributed by atoms with E-state index < -0.39 is 5.60 Å². The summed E-state index contributed by atoms with van der Waals surface area (Å²) in [4.78, 5) is 16.8. The van der Waals surface area contributed by atoms with Crippen LogP contribution < -0.4 is 4.74 Å². The smallest absolute Gasteiger partial charge is 0.257 e. The average Bonchev–Trinajstić information content (AvgIpc) is 2.68. The van der Waals surface area contributed by atoms with E-state index in [1.807, 2.05) is 61.5 Å². The van der Waals surface area contributed by atoms with E-state index in [1.165, 1.54) is 0 Å². The van der Waals surface area contributed by atoms with Crippen LogP contribution >= 0.6 is 0 Å². The predicted molar refractivity (Wildman–Crippen MR) is 101 cm³/mol. The lowest BCUT2D eigenvalue weighted by atomic mass is 9.79. The summed E-state index contributed by atoms with van der Waals surface area (Å²) < 4.78 is 5.33. The number of methoxy groups -OCH3 is 1. The van der Waals surface area contributed by atoms with Gasteiger partial charge in [0.1, 0.15) is 11.4 Å². The van der Waals surface area contributed by atoms with Crippen LogP contribution in [-0.2, 0) is 5.60 Å². The Kier molecular flexibility index (Phi) is 5.30. The van der Waals surface area contributed by atoms with E-state index in [-0.39, 0.29) is 11.9 Å². The minimum Gasteiger partial charge on any atom is -0.496 e. The summed E-state index contributed by atoms with van der Waals surface area (Å²) in [5, 5.41) is 11.4. The summed E-state index contributed by atoms with van der Waals surface area (Å²) in [7, 11) is 5.45. The van der Waals surface area contributed by atoms with E-state index in [0.717, 1.165) is 5.56 Å². The van der Waals surface area contributed by atoms with E-state index >= 15 is 0 Å². The van der Waals surface area contributed by atoms with Crippen molar-refractivity contribution in [1.82, 2.24) is 9.80 Å². The first-order chi connectivity index (χ1) is 12.5. The summed E-state index contributed by atoms with van der Waals surface area (Å²) >= 11 is 0. The van der Waals surface area contributed by atoms with Crippen molar-refractivity contribution >= 4 is 5.91 Å². The molecule has 5 heteroatoms. The highest BCUT2D eigenvalue weighted by Gasteiger charge is 2.45. The Morgan fingerprint density at radius 2 is 1.81 bits per heavy atom. The van der Waals surface area contributed by atoms with Crippen molar-refractivity contribution in [2.24, 2.45) is 0 Å². The van der Waals surface area contributed by atoms with Crippen molar-refractivity contribution in [3.05, 3.63) is 65.7 Å². The Labute approximate surface area is 154 Å². The third kappa shape index (κ3) is 3.32. The van der Waals surface area contributed by atoms with Gasteiger partial charge in [0.05, 0.1) is 18.7 Å². The van der Waals surface area contributed by atoms with Crippen LogP contribution in [0.15, 0.2) is 54.6 Å². The van der Waals surface area contributed by atoms with Gasteiger partial charge in [-0.2, -0.15) is 0 Å². The number of aliphatic hydroxyl groups is 1. The molecule has 1 fully saturated rings. The number of hydrogen-bond acceptors (Lipinski definition) is 4. The van der Waals surface area contributed by atoms with Crippen molar-refractivity contribution in [3.63, 3.8) is 0 Å². The van der Waals surface area contributed by atoms with Crippen LogP contribution in [-0.4, -0.2) is 61.2 Å². The molecule has 2 atom stereocenters. The number of benzene rings is 2. The zero-order chi connectivity index (χ0) is 18.7. The normalized spacial score (nSPS) is 23.1. The third-order valence-electron chi connectivity index (χ3n) is 5.23. The summed E-state index contributed by atoms with van der Waals surface area (Å²) in [5.74, 6) is 0.507. The highest BCUT2D eigenvalue weighted by molar-refractivity contribution is 5.97. The minimum absolute atomic E-state index is 0.0654. The fraction of sp³-hybridized carbons (Fsp3) is 0.381. The summed E-state index contributed by atoms with van der Waals surface area (Å²) in [6, 6.07) is 16.8. The molecule has 1 N–H and O–H groups in total. The van der Waals surface area contributed by atoms with E-state index in [0.29, 0.717) is 30.8 Å². The van der Waals surface area contributed by atoms with Crippen molar-refractivity contribution in [1.29, 1.82) is 0 Å². The number of carbonyl (C=O) groups is 1. The standard InChI is InChI=1S/C21H26N2O3/c1-22(2)19-15-23(20(24)17-11-7-8-12-18(17)26-3)14-13-21(19,25)16-9-5-4-6-10-16/h4-12,19,25H,13-15H2,1-3H3/t19-,21+/m1/s1. The molecule has 3 rings (SSSR count). The van der Waals surface area contributed by atoms with Crippen LogP contribution in [0.3, 0.4) is 0 Å². The molecule has 26 heavy (non-hydrogen) atoms. The number of piperidine rings is 1. The molecule has 0 saturated carbocycles. The molecule has 2 aromatic carbocycles. The van der Waals surface area contributed by atoms with Crippen LogP contribution in [0.1, 0.15) is 22.3 Å². The molecule has 0 spiro atoms. The molecular weight excluding hydrogens is 328 g/mol. The van der Waals surface area contributed by atoms with Crippen LogP contribution in [0.4, 0.5) is 0 Å². The van der Waals surface area contributed by atoms with Crippen LogP contribution in [0, 0.1) is 0 Å². The first kappa shape index (κ1) is 18.4. The van der Waals surface area contributed by atoms with Crippen LogP contribution in [0.25, 0.3) is 0 Å². The lowest BCUT2D eigenvalue weighted by Gasteiger charge is -2.47. The number of nitrogens with zero attached hydrogens (tertiary/aromatic N) is 2. The number of para-hydroxylation sites is 1. The van der Waals surface area contributed by atoms with Crippen molar-refractivity contribution < 1.29 is 14.6 Å². The minimum atomic E-state index is -0.984. The van der Waals surface area contributed by atoms with Gasteiger partial charge in [-0.05, 0) is 38.2 Å². The van der Waals surface area contributed by atoms with Gasteiger partial charge < -0.3 is 19.6 Å². The number of likely N-dealkylation sites (tertiary alicyclic amines) is 1. The maximum absolute atomic E-state index is 13.0. The lowest BCUT2D eigenvalue weighted by Crippen LogP contribution is -2.60. The summed E-state index contributed by atoms with van der Waals surface area (Å²) in [6.45, 7) is 0.946. The monoisotopic (exact) mass is 354 g/mol. The molecule has 0 aromatic heterocycles. The zero-order valence-electron chi connectivity index (χ0n) is 15.6. The molecule has 138 valence electrons. The fourth-order valence-corrected chi connectivity index (χ4v) is 3.75. The molecule has 1 heterocycles. The molecule has 1 aliphatic rings. The predicted octanol–water partition coefficient (Wildman–Crippen LogP) is 2.36. The molecule has 1 amide bonds. The second-order valence-electron chi connectivity index (χ2n) is 6.97. The Hall–Kier alpha value is -2.37. The largest absolute Gasteiger partial charge is 0.496 e. The van der Waals surface area contributed by atoms with Gasteiger partial charge in [-0.1, -0.05) is 42.5 Å². The van der Waals surface area contributed by atoms with Gasteiger partial charge in [-0.3, -0.25) is 4.79 Å². The van der Waals surface area contributed by atoms with Crippen molar-refractivity contribution in [2.45, 2.75) is 18.1 Å². The van der Waals surface area contributed by atoms with Gasteiger partial charge >= 0.3 is 0 Å². The molecule has 2 aromatic rings. The van der Waals surface area contributed by atoms with Crippen molar-refractivity contribution in [2.75, 3.05) is 34.3 Å². The fourth-order valence-electron chi connectivity index (χ4n) is 3.75. The van der Waals surface area contributed by atoms with Gasteiger partial charge in [0.2, 0.25) is 0 Å². The van der Waals surface area contributed by atoms with Gasteiger partial charge in [-0.15, -0.1) is 0 Å². The molecular formula is C21H26N2O3. The SMILES string of the molecule is COc1ccccc1C(=O)N1CC[C@](O)(c2ccccc2)[C@H](N(C)C)C1. The van der Waals surface area contributed by atoms with Gasteiger partial charge in [0, 0.05) is 13.1 Å². The van der Waals surface area contributed by atoms with Gasteiger partial charge in [-0.25, -0.2) is 0 Å². The van der Waals surface area contributed by atoms with E-state index in [1.54, 1.807) is 24.1 Å². The zero-order valence-corrected chi connectivity index (χ0v) is 15.6. The highest BCUT2D eigenvalue weighted by atomic mass is 16.5. The molecule has 1 aliphatic heterocycles. The Bertz CT molecular complexity index is 763. The number of carbonyl (C=O) groups excluding carboxylic acids is 1. The quantitative estimate of drug-likeness (QED) is 0.916. The number of hydrogen-bond donors (Lipinski definition) is 1. The molecule has 0 aliphatic carbocycles. The molecule has 0 unspecified atom stereocenters. The Balaban J connectivity index is 1.87. The molecule has 0 radical (unpaired) electrons. The molecule has 1 saturated heterocycles. The van der Waals surface area contributed by atoms with Gasteiger partial charge in [0.25, 0.3) is 5.91 Å². The van der Waals surface area contributed by atoms with Crippen molar-refractivity contribution in [3.8, 4) is 5.75 Å². The van der Waals surface area contributed by atoms with E-state index in [9.17, 15) is 9.90 Å². The first-order valence-corrected chi connectivity index (χ1v) is 8.84. The summed E-state index contributed by atoms with van der Waals surface area (Å²) in [5.41, 5.74) is 0.461. The first-order valence-electron chi connectivity index (χ1n) is 8.84. The van der Waals surface area contributed by atoms with E-state index in [4.69, 9.17) is 4.74 Å². The maximum Gasteiger partial charge on any atom is 0.257 e. The highest BCUT2D eigenvalue weighted by Crippen LogP contribution is 2.36. The molecule has 0 bridgehead atoms. The lowest BCUT2D eigenvalue weighted by molar-refractivity contribution is -0.0810. The number of ether oxygens (including phenoxy) is 1. The second kappa shape index (κ2) is 7.48. The maximum atomic E-state index is 13.0. The van der Waals surface area contributed by atoms with Gasteiger partial charge in [0.15, 0.2) is 0 Å². The third-order valence-corrected chi connectivity index (χ3v) is 5.23. The number of likely N-dealkylation sites (N-methyl/N-ethyl adjacent to an activating group) is 1. The number of amides is 1. The Morgan fingerprint density at radius 3 is 2.46 bits per heavy atom. The van der Waals surface area contributed by atoms with Crippen LogP contribution in [0.5, 0.6) is 5.75 Å². The molecule has 5 nitrogen and oxygen atoms in total.